The number of hydrogen-bond donors (Lipinski definition) is 1. The Morgan fingerprint density at radius 3 is 2.70 bits per heavy atom. The average Bonchev–Trinajstić information content (AvgIpc) is 2.50. The lowest BCUT2D eigenvalue weighted by atomic mass is 10.1. The van der Waals surface area contributed by atoms with Crippen molar-refractivity contribution < 1.29 is 27.9 Å². The third-order valence-corrected chi connectivity index (χ3v) is 4.07. The Bertz CT molecular complexity index is 679. The number of likely N-dealkylation sites (N-methyl/N-ethyl adjacent to an activating group) is 1. The van der Waals surface area contributed by atoms with Gasteiger partial charge in [-0.1, -0.05) is 0 Å². The molecule has 2 amide bonds. The Morgan fingerprint density at radius 1 is 1.39 bits per heavy atom. The van der Waals surface area contributed by atoms with Gasteiger partial charge in [0.1, 0.15) is 6.04 Å². The molecule has 10 heteroatoms. The van der Waals surface area contributed by atoms with Crippen LogP contribution in [0.3, 0.4) is 0 Å². The van der Waals surface area contributed by atoms with E-state index in [9.17, 15) is 22.8 Å². The fourth-order valence-corrected chi connectivity index (χ4v) is 2.83. The van der Waals surface area contributed by atoms with Crippen LogP contribution in [-0.4, -0.2) is 59.7 Å². The molecule has 0 radical (unpaired) electrons. The van der Waals surface area contributed by atoms with E-state index in [1.54, 1.807) is 4.90 Å². The normalized spacial score (nSPS) is 21.1. The van der Waals surface area contributed by atoms with E-state index in [2.05, 4.69) is 4.98 Å². The molecule has 23 heavy (non-hydrogen) atoms. The summed E-state index contributed by atoms with van der Waals surface area (Å²) in [4.78, 5) is 31.1. The van der Waals surface area contributed by atoms with Crippen LogP contribution in [0.4, 0.5) is 29.5 Å². The van der Waals surface area contributed by atoms with Crippen LogP contribution in [0.1, 0.15) is 5.56 Å². The summed E-state index contributed by atoms with van der Waals surface area (Å²) in [6.45, 7) is 0.313. The standard InChI is InChI=1S/C13H13F3N4O3/c1-18-8-4-7(13(14,15)16)5-17-10(8)20-3-2-19(12(22)23)6-9(20)11(18)21/h4-5,9H,2-3,6H2,1H3,(H,22,23)/t9-/m1/s1. The second-order valence-corrected chi connectivity index (χ2v) is 5.40. The second kappa shape index (κ2) is 5.00. The van der Waals surface area contributed by atoms with Gasteiger partial charge >= 0.3 is 12.3 Å². The summed E-state index contributed by atoms with van der Waals surface area (Å²) >= 11 is 0. The molecular formula is C13H13F3N4O3. The summed E-state index contributed by atoms with van der Waals surface area (Å²) < 4.78 is 38.5. The van der Waals surface area contributed by atoms with E-state index in [-0.39, 0.29) is 31.1 Å². The summed E-state index contributed by atoms with van der Waals surface area (Å²) in [7, 11) is 1.36. The number of pyridine rings is 1. The molecule has 1 aromatic heterocycles. The van der Waals surface area contributed by atoms with Crippen molar-refractivity contribution in [3.8, 4) is 0 Å². The van der Waals surface area contributed by atoms with Gasteiger partial charge in [0.2, 0.25) is 0 Å². The van der Waals surface area contributed by atoms with E-state index in [0.717, 1.165) is 22.1 Å². The third kappa shape index (κ3) is 2.43. The molecule has 0 aromatic carbocycles. The first kappa shape index (κ1) is 15.4. The number of carboxylic acid groups (broad SMARTS) is 1. The largest absolute Gasteiger partial charge is 0.465 e. The predicted octanol–water partition coefficient (Wildman–Crippen LogP) is 1.25. The summed E-state index contributed by atoms with van der Waals surface area (Å²) in [6, 6.07) is 0.113. The number of hydrogen-bond acceptors (Lipinski definition) is 4. The highest BCUT2D eigenvalue weighted by atomic mass is 19.4. The summed E-state index contributed by atoms with van der Waals surface area (Å²) in [5, 5.41) is 9.04. The molecule has 2 aliphatic heterocycles. The van der Waals surface area contributed by atoms with Crippen LogP contribution >= 0.6 is 0 Å². The first-order valence-corrected chi connectivity index (χ1v) is 6.79. The highest BCUT2D eigenvalue weighted by Crippen LogP contribution is 2.39. The zero-order valence-electron chi connectivity index (χ0n) is 12.0. The molecule has 7 nitrogen and oxygen atoms in total. The first-order valence-electron chi connectivity index (χ1n) is 6.79. The molecular weight excluding hydrogens is 317 g/mol. The quantitative estimate of drug-likeness (QED) is 0.775. The number of carbonyl (C=O) groups excluding carboxylic acids is 1. The Kier molecular flexibility index (Phi) is 3.34. The molecule has 0 bridgehead atoms. The van der Waals surface area contributed by atoms with Crippen molar-refractivity contribution in [2.45, 2.75) is 12.2 Å². The Hall–Kier alpha value is -2.52. The minimum atomic E-state index is -4.55. The van der Waals surface area contributed by atoms with Crippen LogP contribution in [0.15, 0.2) is 12.3 Å². The van der Waals surface area contributed by atoms with Gasteiger partial charge in [0.15, 0.2) is 5.82 Å². The summed E-state index contributed by atoms with van der Waals surface area (Å²) in [6.07, 6.45) is -4.96. The Balaban J connectivity index is 2.01. The van der Waals surface area contributed by atoms with Crippen LogP contribution in [0.2, 0.25) is 0 Å². The van der Waals surface area contributed by atoms with Crippen molar-refractivity contribution in [2.24, 2.45) is 0 Å². The molecule has 1 saturated heterocycles. The summed E-state index contributed by atoms with van der Waals surface area (Å²) in [5.74, 6) is -0.195. The van der Waals surface area contributed by atoms with Crippen molar-refractivity contribution >= 4 is 23.5 Å². The lowest BCUT2D eigenvalue weighted by Gasteiger charge is -2.45. The van der Waals surface area contributed by atoms with Gasteiger partial charge in [-0.15, -0.1) is 0 Å². The third-order valence-electron chi connectivity index (χ3n) is 4.07. The molecule has 2 aliphatic rings. The highest BCUT2D eigenvalue weighted by Gasteiger charge is 2.43. The van der Waals surface area contributed by atoms with Crippen molar-refractivity contribution in [3.05, 3.63) is 17.8 Å². The number of nitrogens with zero attached hydrogens (tertiary/aromatic N) is 4. The van der Waals surface area contributed by atoms with E-state index < -0.39 is 29.8 Å². The molecule has 1 fully saturated rings. The van der Waals surface area contributed by atoms with Gasteiger partial charge in [-0.05, 0) is 6.07 Å². The zero-order valence-corrected chi connectivity index (χ0v) is 12.0. The molecule has 1 N–H and O–H groups in total. The molecule has 3 rings (SSSR count). The number of halogens is 3. The van der Waals surface area contributed by atoms with Crippen LogP contribution in [0, 0.1) is 0 Å². The highest BCUT2D eigenvalue weighted by molar-refractivity contribution is 6.05. The number of anilines is 2. The maximum Gasteiger partial charge on any atom is 0.417 e. The summed E-state index contributed by atoms with van der Waals surface area (Å²) in [5.41, 5.74) is -0.858. The molecule has 124 valence electrons. The number of carbonyl (C=O) groups is 2. The zero-order chi connectivity index (χ0) is 16.9. The van der Waals surface area contributed by atoms with Crippen molar-refractivity contribution in [2.75, 3.05) is 36.5 Å². The lowest BCUT2D eigenvalue weighted by molar-refractivity contribution is -0.137. The smallest absolute Gasteiger partial charge is 0.417 e. The maximum absolute atomic E-state index is 12.8. The number of fused-ring (bicyclic) bond motifs is 3. The van der Waals surface area contributed by atoms with E-state index in [1.165, 1.54) is 7.05 Å². The fraction of sp³-hybridized carbons (Fsp3) is 0.462. The number of alkyl halides is 3. The average molecular weight is 330 g/mol. The second-order valence-electron chi connectivity index (χ2n) is 5.40. The van der Waals surface area contributed by atoms with Crippen molar-refractivity contribution in [1.29, 1.82) is 0 Å². The molecule has 0 unspecified atom stereocenters. The van der Waals surface area contributed by atoms with Gasteiger partial charge in [-0.25, -0.2) is 9.78 Å². The topological polar surface area (TPSA) is 77.0 Å². The van der Waals surface area contributed by atoms with E-state index in [0.29, 0.717) is 0 Å². The lowest BCUT2D eigenvalue weighted by Crippen LogP contribution is -2.63. The van der Waals surface area contributed by atoms with Crippen LogP contribution in [-0.2, 0) is 11.0 Å². The van der Waals surface area contributed by atoms with Gasteiger partial charge in [0, 0.05) is 26.3 Å². The van der Waals surface area contributed by atoms with E-state index in [4.69, 9.17) is 5.11 Å². The van der Waals surface area contributed by atoms with E-state index in [1.807, 2.05) is 0 Å². The van der Waals surface area contributed by atoms with Gasteiger partial charge < -0.3 is 19.8 Å². The minimum absolute atomic E-state index is 0.0410. The fourth-order valence-electron chi connectivity index (χ4n) is 2.83. The predicted molar refractivity (Wildman–Crippen MR) is 73.4 cm³/mol. The molecule has 3 heterocycles. The van der Waals surface area contributed by atoms with Gasteiger partial charge in [-0.2, -0.15) is 13.2 Å². The molecule has 1 atom stereocenters. The van der Waals surface area contributed by atoms with Crippen molar-refractivity contribution in [1.82, 2.24) is 9.88 Å². The number of aromatic nitrogens is 1. The SMILES string of the molecule is CN1C(=O)[C@H]2CN(C(=O)O)CCN2c2ncc(C(F)(F)F)cc21. The number of rotatable bonds is 0. The van der Waals surface area contributed by atoms with Crippen LogP contribution in [0.5, 0.6) is 0 Å². The van der Waals surface area contributed by atoms with Gasteiger partial charge in [-0.3, -0.25) is 4.79 Å². The maximum atomic E-state index is 12.8. The first-order chi connectivity index (χ1) is 10.7. The Labute approximate surface area is 128 Å². The molecule has 0 aliphatic carbocycles. The van der Waals surface area contributed by atoms with Gasteiger partial charge in [0.25, 0.3) is 5.91 Å². The van der Waals surface area contributed by atoms with E-state index >= 15 is 0 Å². The van der Waals surface area contributed by atoms with Gasteiger partial charge in [0.05, 0.1) is 17.8 Å². The molecule has 1 aromatic rings. The monoisotopic (exact) mass is 330 g/mol. The Morgan fingerprint density at radius 2 is 2.09 bits per heavy atom. The molecule has 0 spiro atoms. The van der Waals surface area contributed by atoms with Crippen LogP contribution < -0.4 is 9.80 Å². The number of piperazine rings is 1. The molecule has 0 saturated carbocycles. The number of amides is 2. The van der Waals surface area contributed by atoms with Crippen LogP contribution in [0.25, 0.3) is 0 Å². The minimum Gasteiger partial charge on any atom is -0.465 e. The van der Waals surface area contributed by atoms with Crippen molar-refractivity contribution in [3.63, 3.8) is 0 Å².